The first kappa shape index (κ1) is 10.4. The van der Waals surface area contributed by atoms with Crippen molar-refractivity contribution in [3.8, 4) is 0 Å². The van der Waals surface area contributed by atoms with E-state index in [0.717, 1.165) is 0 Å². The molecule has 15 heavy (non-hydrogen) atoms. The number of rotatable bonds is 1. The van der Waals surface area contributed by atoms with Crippen LogP contribution in [0.2, 0.25) is 10.3 Å². The largest absolute Gasteiger partial charge is 0.302 e. The molecular formula is C9H6Cl2N2O2. The number of Topliss-reactive ketones (excluding diaryl/α,β-unsaturated/α-hetero) is 1. The molecule has 1 amide bonds. The SMILES string of the molecule is O=C1CC(=O)N(c2ccc(Cl)nc2Cl)C1. The second-order valence-electron chi connectivity index (χ2n) is 3.14. The van der Waals surface area contributed by atoms with Gasteiger partial charge >= 0.3 is 0 Å². The summed E-state index contributed by atoms with van der Waals surface area (Å²) in [5.41, 5.74) is 0.428. The maximum Gasteiger partial charge on any atom is 0.235 e. The summed E-state index contributed by atoms with van der Waals surface area (Å²) in [5.74, 6) is -0.378. The zero-order chi connectivity index (χ0) is 11.0. The van der Waals surface area contributed by atoms with Crippen LogP contribution in [0.15, 0.2) is 12.1 Å². The van der Waals surface area contributed by atoms with E-state index in [0.29, 0.717) is 5.69 Å². The Labute approximate surface area is 95.8 Å². The lowest BCUT2D eigenvalue weighted by Crippen LogP contribution is -2.25. The maximum absolute atomic E-state index is 11.4. The van der Waals surface area contributed by atoms with Gasteiger partial charge in [-0.05, 0) is 12.1 Å². The number of amides is 1. The van der Waals surface area contributed by atoms with E-state index in [9.17, 15) is 9.59 Å². The molecule has 0 spiro atoms. The minimum Gasteiger partial charge on any atom is -0.302 e. The van der Waals surface area contributed by atoms with Crippen molar-refractivity contribution in [2.24, 2.45) is 0 Å². The molecule has 6 heteroatoms. The van der Waals surface area contributed by atoms with Crippen LogP contribution in [0, 0.1) is 0 Å². The highest BCUT2D eigenvalue weighted by Crippen LogP contribution is 2.28. The van der Waals surface area contributed by atoms with Crippen LogP contribution in [0.1, 0.15) is 6.42 Å². The predicted octanol–water partition coefficient (Wildman–Crippen LogP) is 1.69. The summed E-state index contributed by atoms with van der Waals surface area (Å²) in [5, 5.41) is 0.382. The van der Waals surface area contributed by atoms with Gasteiger partial charge in [0.15, 0.2) is 10.9 Å². The van der Waals surface area contributed by atoms with Gasteiger partial charge in [-0.3, -0.25) is 9.59 Å². The topological polar surface area (TPSA) is 50.3 Å². The molecule has 2 rings (SSSR count). The van der Waals surface area contributed by atoms with Crippen LogP contribution in [-0.2, 0) is 9.59 Å². The number of carbonyl (C=O) groups is 2. The molecule has 1 aliphatic rings. The third-order valence-corrected chi connectivity index (χ3v) is 2.56. The Morgan fingerprint density at radius 2 is 2.00 bits per heavy atom. The summed E-state index contributed by atoms with van der Waals surface area (Å²) in [6, 6.07) is 3.10. The highest BCUT2D eigenvalue weighted by molar-refractivity contribution is 6.35. The quantitative estimate of drug-likeness (QED) is 0.558. The third kappa shape index (κ3) is 1.96. The Balaban J connectivity index is 2.38. The van der Waals surface area contributed by atoms with Gasteiger partial charge in [0.1, 0.15) is 5.15 Å². The number of hydrogen-bond donors (Lipinski definition) is 0. The number of aromatic nitrogens is 1. The van der Waals surface area contributed by atoms with Gasteiger partial charge in [0.25, 0.3) is 0 Å². The predicted molar refractivity (Wildman–Crippen MR) is 56.2 cm³/mol. The van der Waals surface area contributed by atoms with Gasteiger partial charge in [0, 0.05) is 0 Å². The molecule has 2 heterocycles. The Morgan fingerprint density at radius 1 is 1.27 bits per heavy atom. The molecule has 1 aromatic rings. The second-order valence-corrected chi connectivity index (χ2v) is 3.88. The van der Waals surface area contributed by atoms with Crippen LogP contribution in [0.5, 0.6) is 0 Å². The van der Waals surface area contributed by atoms with Crippen molar-refractivity contribution >= 4 is 40.6 Å². The zero-order valence-corrected chi connectivity index (χ0v) is 9.05. The van der Waals surface area contributed by atoms with Crippen molar-refractivity contribution in [3.63, 3.8) is 0 Å². The van der Waals surface area contributed by atoms with Gasteiger partial charge < -0.3 is 4.90 Å². The van der Waals surface area contributed by atoms with Gasteiger partial charge in [-0.25, -0.2) is 4.98 Å². The lowest BCUT2D eigenvalue weighted by Gasteiger charge is -2.15. The number of halogens is 2. The summed E-state index contributed by atoms with van der Waals surface area (Å²) in [6.45, 7) is 0.0574. The molecule has 0 unspecified atom stereocenters. The van der Waals surface area contributed by atoms with Crippen LogP contribution < -0.4 is 4.90 Å². The van der Waals surface area contributed by atoms with Gasteiger partial charge in [0.2, 0.25) is 5.91 Å². The monoisotopic (exact) mass is 244 g/mol. The zero-order valence-electron chi connectivity index (χ0n) is 7.54. The molecule has 0 saturated carbocycles. The lowest BCUT2D eigenvalue weighted by atomic mass is 10.3. The van der Waals surface area contributed by atoms with Crippen molar-refractivity contribution < 1.29 is 9.59 Å². The summed E-state index contributed by atoms with van der Waals surface area (Å²) in [4.78, 5) is 27.6. The van der Waals surface area contributed by atoms with Crippen molar-refractivity contribution in [1.82, 2.24) is 4.98 Å². The van der Waals surface area contributed by atoms with E-state index in [2.05, 4.69) is 4.98 Å². The van der Waals surface area contributed by atoms with E-state index < -0.39 is 0 Å². The Hall–Kier alpha value is -1.13. The number of anilines is 1. The fourth-order valence-electron chi connectivity index (χ4n) is 1.41. The molecule has 0 atom stereocenters. The van der Waals surface area contributed by atoms with E-state index in [1.807, 2.05) is 0 Å². The van der Waals surface area contributed by atoms with E-state index in [4.69, 9.17) is 23.2 Å². The molecule has 78 valence electrons. The number of hydrogen-bond acceptors (Lipinski definition) is 3. The molecule has 1 saturated heterocycles. The van der Waals surface area contributed by atoms with Crippen molar-refractivity contribution in [3.05, 3.63) is 22.4 Å². The van der Waals surface area contributed by atoms with Crippen LogP contribution in [0.25, 0.3) is 0 Å². The first-order valence-corrected chi connectivity index (χ1v) is 4.97. The highest BCUT2D eigenvalue weighted by Gasteiger charge is 2.30. The molecule has 0 radical (unpaired) electrons. The first-order valence-electron chi connectivity index (χ1n) is 4.22. The standard InChI is InChI=1S/C9H6Cl2N2O2/c10-7-2-1-6(9(11)12-7)13-4-5(14)3-8(13)15/h1-2H,3-4H2. The average molecular weight is 245 g/mol. The Bertz CT molecular complexity index is 448. The van der Waals surface area contributed by atoms with Gasteiger partial charge in [-0.1, -0.05) is 23.2 Å². The van der Waals surface area contributed by atoms with E-state index in [1.54, 1.807) is 6.07 Å². The molecule has 0 aliphatic carbocycles. The summed E-state index contributed by atoms with van der Waals surface area (Å²) in [7, 11) is 0. The van der Waals surface area contributed by atoms with E-state index >= 15 is 0 Å². The first-order chi connectivity index (χ1) is 7.08. The van der Waals surface area contributed by atoms with Gasteiger partial charge in [0.05, 0.1) is 18.7 Å². The number of nitrogens with zero attached hydrogens (tertiary/aromatic N) is 2. The highest BCUT2D eigenvalue weighted by atomic mass is 35.5. The van der Waals surface area contributed by atoms with Crippen molar-refractivity contribution in [2.75, 3.05) is 11.4 Å². The molecule has 4 nitrogen and oxygen atoms in total. The molecule has 0 N–H and O–H groups in total. The van der Waals surface area contributed by atoms with Crippen LogP contribution in [-0.4, -0.2) is 23.2 Å². The van der Waals surface area contributed by atoms with Crippen molar-refractivity contribution in [2.45, 2.75) is 6.42 Å². The fraction of sp³-hybridized carbons (Fsp3) is 0.222. The summed E-state index contributed by atoms with van der Waals surface area (Å²) < 4.78 is 0. The molecule has 1 fully saturated rings. The van der Waals surface area contributed by atoms with Gasteiger partial charge in [-0.15, -0.1) is 0 Å². The Kier molecular flexibility index (Phi) is 2.63. The minimum atomic E-state index is -0.258. The van der Waals surface area contributed by atoms with E-state index in [1.165, 1.54) is 11.0 Å². The molecule has 1 aromatic heterocycles. The maximum atomic E-state index is 11.4. The number of carbonyl (C=O) groups excluding carboxylic acids is 2. The second kappa shape index (κ2) is 3.79. The fourth-order valence-corrected chi connectivity index (χ4v) is 1.86. The summed E-state index contributed by atoms with van der Waals surface area (Å²) >= 11 is 11.4. The third-order valence-electron chi connectivity index (χ3n) is 2.07. The normalized spacial score (nSPS) is 16.3. The van der Waals surface area contributed by atoms with Crippen LogP contribution in [0.3, 0.4) is 0 Å². The molecular weight excluding hydrogens is 239 g/mol. The lowest BCUT2D eigenvalue weighted by molar-refractivity contribution is -0.121. The molecule has 0 bridgehead atoms. The number of ketones is 1. The molecule has 0 aromatic carbocycles. The van der Waals surface area contributed by atoms with Crippen molar-refractivity contribution in [1.29, 1.82) is 0 Å². The summed E-state index contributed by atoms with van der Waals surface area (Å²) in [6.07, 6.45) is -0.0705. The smallest absolute Gasteiger partial charge is 0.235 e. The number of pyridine rings is 1. The minimum absolute atomic E-state index is 0.0574. The van der Waals surface area contributed by atoms with Crippen LogP contribution in [0.4, 0.5) is 5.69 Å². The van der Waals surface area contributed by atoms with Crippen LogP contribution >= 0.6 is 23.2 Å². The van der Waals surface area contributed by atoms with E-state index in [-0.39, 0.29) is 35.0 Å². The average Bonchev–Trinajstić information content (AvgIpc) is 2.45. The molecule has 1 aliphatic heterocycles. The Morgan fingerprint density at radius 3 is 2.53 bits per heavy atom. The van der Waals surface area contributed by atoms with Gasteiger partial charge in [-0.2, -0.15) is 0 Å².